The van der Waals surface area contributed by atoms with Gasteiger partial charge in [0.05, 0.1) is 11.3 Å². The molecule has 20 heavy (non-hydrogen) atoms. The van der Waals surface area contributed by atoms with Crippen LogP contribution in [0.4, 0.5) is 5.69 Å². The third-order valence-corrected chi connectivity index (χ3v) is 3.52. The Labute approximate surface area is 118 Å². The lowest BCUT2D eigenvalue weighted by Crippen LogP contribution is -2.08. The number of aryl methyl sites for hydroxylation is 3. The molecule has 5 nitrogen and oxygen atoms in total. The molecule has 0 atom stereocenters. The maximum Gasteiger partial charge on any atom is 0.337 e. The zero-order valence-electron chi connectivity index (χ0n) is 12.2. The fraction of sp³-hybridized carbons (Fsp3) is 0.333. The molecule has 0 saturated heterocycles. The largest absolute Gasteiger partial charge is 0.478 e. The zero-order chi connectivity index (χ0) is 14.9. The van der Waals surface area contributed by atoms with E-state index in [9.17, 15) is 9.90 Å². The molecule has 0 radical (unpaired) electrons. The topological polar surface area (TPSA) is 67.2 Å². The molecule has 2 N–H and O–H groups in total. The smallest absolute Gasteiger partial charge is 0.337 e. The third-order valence-electron chi connectivity index (χ3n) is 3.52. The van der Waals surface area contributed by atoms with Crippen molar-refractivity contribution in [1.29, 1.82) is 0 Å². The van der Waals surface area contributed by atoms with E-state index in [-0.39, 0.29) is 5.56 Å². The number of benzene rings is 1. The van der Waals surface area contributed by atoms with E-state index < -0.39 is 5.97 Å². The molecule has 0 aliphatic carbocycles. The number of carboxylic acids is 1. The molecule has 2 rings (SSSR count). The Bertz CT molecular complexity index is 659. The van der Waals surface area contributed by atoms with Crippen molar-refractivity contribution in [3.8, 4) is 0 Å². The molecule has 1 heterocycles. The molecule has 1 aromatic carbocycles. The molecule has 5 heteroatoms. The molecule has 0 aliphatic rings. The molecule has 0 fully saturated rings. The van der Waals surface area contributed by atoms with Crippen molar-refractivity contribution < 1.29 is 9.90 Å². The van der Waals surface area contributed by atoms with E-state index in [2.05, 4.69) is 10.4 Å². The van der Waals surface area contributed by atoms with Gasteiger partial charge in [-0.2, -0.15) is 5.10 Å². The van der Waals surface area contributed by atoms with Gasteiger partial charge in [-0.15, -0.1) is 0 Å². The van der Waals surface area contributed by atoms with Crippen LogP contribution in [0.1, 0.15) is 32.9 Å². The number of rotatable bonds is 4. The van der Waals surface area contributed by atoms with E-state index in [1.165, 1.54) is 0 Å². The third kappa shape index (κ3) is 2.66. The van der Waals surface area contributed by atoms with Gasteiger partial charge in [-0.1, -0.05) is 6.07 Å². The summed E-state index contributed by atoms with van der Waals surface area (Å²) in [6.07, 6.45) is 0. The minimum absolute atomic E-state index is 0.287. The second-order valence-corrected chi connectivity index (χ2v) is 4.98. The summed E-state index contributed by atoms with van der Waals surface area (Å²) in [4.78, 5) is 11.2. The van der Waals surface area contributed by atoms with E-state index in [0.29, 0.717) is 12.2 Å². The molecule has 106 valence electrons. The summed E-state index contributed by atoms with van der Waals surface area (Å²) in [5.74, 6) is -0.924. The minimum atomic E-state index is -0.924. The van der Waals surface area contributed by atoms with Crippen LogP contribution in [0.5, 0.6) is 0 Å². The van der Waals surface area contributed by atoms with Crippen LogP contribution in [0.2, 0.25) is 0 Å². The number of carbonyl (C=O) groups is 1. The lowest BCUT2D eigenvalue weighted by molar-refractivity contribution is 0.0698. The van der Waals surface area contributed by atoms with Crippen LogP contribution in [0.15, 0.2) is 18.2 Å². The highest BCUT2D eigenvalue weighted by Gasteiger charge is 2.12. The van der Waals surface area contributed by atoms with Crippen molar-refractivity contribution in [2.75, 3.05) is 5.32 Å². The second-order valence-electron chi connectivity index (χ2n) is 4.98. The first-order chi connectivity index (χ1) is 9.40. The van der Waals surface area contributed by atoms with Crippen LogP contribution < -0.4 is 5.32 Å². The van der Waals surface area contributed by atoms with Crippen LogP contribution in [-0.4, -0.2) is 20.9 Å². The van der Waals surface area contributed by atoms with Gasteiger partial charge in [-0.3, -0.25) is 4.68 Å². The minimum Gasteiger partial charge on any atom is -0.478 e. The van der Waals surface area contributed by atoms with Gasteiger partial charge < -0.3 is 10.4 Å². The molecule has 2 aromatic rings. The Balaban J connectivity index is 2.27. The van der Waals surface area contributed by atoms with Crippen LogP contribution in [0, 0.1) is 20.8 Å². The zero-order valence-corrected chi connectivity index (χ0v) is 12.2. The standard InChI is InChI=1S/C15H19N3O2/c1-9-5-6-12(15(19)20)14(7-9)16-8-13-10(2)17-18(4)11(13)3/h5-7,16H,8H2,1-4H3,(H,19,20). The SMILES string of the molecule is Cc1ccc(C(=O)O)c(NCc2c(C)nn(C)c2C)c1. The van der Waals surface area contributed by atoms with Gasteiger partial charge in [0.15, 0.2) is 0 Å². The molecule has 0 aliphatic heterocycles. The molecule has 1 aromatic heterocycles. The Hall–Kier alpha value is -2.30. The number of hydrogen-bond acceptors (Lipinski definition) is 3. The van der Waals surface area contributed by atoms with E-state index in [1.54, 1.807) is 12.1 Å². The maximum atomic E-state index is 11.2. The maximum absolute atomic E-state index is 11.2. The predicted molar refractivity (Wildman–Crippen MR) is 78.1 cm³/mol. The Morgan fingerprint density at radius 2 is 2.05 bits per heavy atom. The Kier molecular flexibility index (Phi) is 3.79. The van der Waals surface area contributed by atoms with Crippen molar-refractivity contribution >= 4 is 11.7 Å². The highest BCUT2D eigenvalue weighted by Crippen LogP contribution is 2.20. The highest BCUT2D eigenvalue weighted by atomic mass is 16.4. The first-order valence-electron chi connectivity index (χ1n) is 6.47. The number of nitrogens with zero attached hydrogens (tertiary/aromatic N) is 2. The van der Waals surface area contributed by atoms with E-state index >= 15 is 0 Å². The average Bonchev–Trinajstić information content (AvgIpc) is 2.61. The molecule has 0 spiro atoms. The lowest BCUT2D eigenvalue weighted by Gasteiger charge is -2.11. The van der Waals surface area contributed by atoms with Gasteiger partial charge in [0.25, 0.3) is 0 Å². The summed E-state index contributed by atoms with van der Waals surface area (Å²) in [6, 6.07) is 5.28. The van der Waals surface area contributed by atoms with Gasteiger partial charge in [-0.25, -0.2) is 4.79 Å². The van der Waals surface area contributed by atoms with Crippen LogP contribution in [0.3, 0.4) is 0 Å². The highest BCUT2D eigenvalue weighted by molar-refractivity contribution is 5.94. The van der Waals surface area contributed by atoms with E-state index in [0.717, 1.165) is 22.5 Å². The van der Waals surface area contributed by atoms with Crippen molar-refractivity contribution in [3.63, 3.8) is 0 Å². The number of aromatic nitrogens is 2. The fourth-order valence-corrected chi connectivity index (χ4v) is 2.25. The first kappa shape index (κ1) is 14.1. The molecule has 0 amide bonds. The Morgan fingerprint density at radius 3 is 2.60 bits per heavy atom. The number of hydrogen-bond donors (Lipinski definition) is 2. The van der Waals surface area contributed by atoms with Gasteiger partial charge in [0.1, 0.15) is 0 Å². The first-order valence-corrected chi connectivity index (χ1v) is 6.47. The second kappa shape index (κ2) is 5.36. The van der Waals surface area contributed by atoms with Gasteiger partial charge in [-0.05, 0) is 38.5 Å². The number of aromatic carboxylic acids is 1. The summed E-state index contributed by atoms with van der Waals surface area (Å²) < 4.78 is 1.83. The number of carboxylic acid groups (broad SMARTS) is 1. The average molecular weight is 273 g/mol. The monoisotopic (exact) mass is 273 g/mol. The molecular formula is C15H19N3O2. The summed E-state index contributed by atoms with van der Waals surface area (Å²) in [6.45, 7) is 6.47. The summed E-state index contributed by atoms with van der Waals surface area (Å²) >= 11 is 0. The number of anilines is 1. The normalized spacial score (nSPS) is 10.6. The van der Waals surface area contributed by atoms with Gasteiger partial charge in [0, 0.05) is 30.5 Å². The van der Waals surface area contributed by atoms with E-state index in [4.69, 9.17) is 0 Å². The summed E-state index contributed by atoms with van der Waals surface area (Å²) in [7, 11) is 1.90. The summed E-state index contributed by atoms with van der Waals surface area (Å²) in [5, 5.41) is 16.8. The fourth-order valence-electron chi connectivity index (χ4n) is 2.25. The van der Waals surface area contributed by atoms with Crippen molar-refractivity contribution in [2.24, 2.45) is 7.05 Å². The number of nitrogens with one attached hydrogen (secondary N) is 1. The molecule has 0 unspecified atom stereocenters. The summed E-state index contributed by atoms with van der Waals surface area (Å²) in [5.41, 5.74) is 5.10. The quantitative estimate of drug-likeness (QED) is 0.898. The predicted octanol–water partition coefficient (Wildman–Crippen LogP) is 2.66. The molecule has 0 saturated carbocycles. The van der Waals surface area contributed by atoms with Crippen molar-refractivity contribution in [1.82, 2.24) is 9.78 Å². The van der Waals surface area contributed by atoms with Crippen LogP contribution >= 0.6 is 0 Å². The molecule has 0 bridgehead atoms. The van der Waals surface area contributed by atoms with Crippen molar-refractivity contribution in [3.05, 3.63) is 46.3 Å². The van der Waals surface area contributed by atoms with E-state index in [1.807, 2.05) is 38.6 Å². The van der Waals surface area contributed by atoms with Crippen LogP contribution in [0.25, 0.3) is 0 Å². The van der Waals surface area contributed by atoms with Gasteiger partial charge in [0.2, 0.25) is 0 Å². The Morgan fingerprint density at radius 1 is 1.35 bits per heavy atom. The van der Waals surface area contributed by atoms with Crippen LogP contribution in [-0.2, 0) is 13.6 Å². The van der Waals surface area contributed by atoms with Crippen molar-refractivity contribution in [2.45, 2.75) is 27.3 Å². The molecular weight excluding hydrogens is 254 g/mol. The lowest BCUT2D eigenvalue weighted by atomic mass is 10.1. The van der Waals surface area contributed by atoms with Gasteiger partial charge >= 0.3 is 5.97 Å².